The molecule has 2 aliphatic rings. The monoisotopic (exact) mass is 402 g/mol. The van der Waals surface area contributed by atoms with Gasteiger partial charge in [-0.05, 0) is 39.2 Å². The van der Waals surface area contributed by atoms with Crippen LogP contribution in [0.5, 0.6) is 0 Å². The third kappa shape index (κ3) is 3.90. The van der Waals surface area contributed by atoms with Crippen molar-refractivity contribution in [3.05, 3.63) is 33.6 Å². The topological polar surface area (TPSA) is 87.3 Å². The number of anilines is 1. The van der Waals surface area contributed by atoms with Crippen molar-refractivity contribution in [2.45, 2.75) is 58.8 Å². The van der Waals surface area contributed by atoms with Crippen LogP contribution in [0.4, 0.5) is 5.13 Å². The van der Waals surface area contributed by atoms with Gasteiger partial charge in [0.15, 0.2) is 10.9 Å². The number of rotatable bonds is 4. The fourth-order valence-electron chi connectivity index (χ4n) is 4.24. The SMILES string of the molecule is Cc1c(C(=O)Nc2nc(CN3CC(C)OC(C)C3)cs2)[nH]c2c1C(=O)CCC2. The van der Waals surface area contributed by atoms with E-state index in [1.807, 2.05) is 12.3 Å². The van der Waals surface area contributed by atoms with Crippen LogP contribution in [0.3, 0.4) is 0 Å². The van der Waals surface area contributed by atoms with Crippen LogP contribution in [0, 0.1) is 6.92 Å². The summed E-state index contributed by atoms with van der Waals surface area (Å²) < 4.78 is 5.77. The lowest BCUT2D eigenvalue weighted by molar-refractivity contribution is -0.0707. The van der Waals surface area contributed by atoms with Crippen molar-refractivity contribution in [1.29, 1.82) is 0 Å². The highest BCUT2D eigenvalue weighted by Gasteiger charge is 2.27. The second-order valence-corrected chi connectivity index (χ2v) is 8.66. The van der Waals surface area contributed by atoms with Gasteiger partial charge in [-0.15, -0.1) is 11.3 Å². The first-order chi connectivity index (χ1) is 13.4. The molecule has 1 fully saturated rings. The van der Waals surface area contributed by atoms with Crippen LogP contribution in [0.15, 0.2) is 5.38 Å². The average molecular weight is 403 g/mol. The van der Waals surface area contributed by atoms with Crippen LogP contribution >= 0.6 is 11.3 Å². The first-order valence-corrected chi connectivity index (χ1v) is 10.7. The summed E-state index contributed by atoms with van der Waals surface area (Å²) in [5, 5.41) is 5.44. The largest absolute Gasteiger partial charge is 0.373 e. The standard InChI is InChI=1S/C20H26N4O3S/c1-11-7-24(8-12(2)27-11)9-14-10-28-20(21-14)23-19(26)18-13(3)17-15(22-18)5-4-6-16(17)25/h10-12,22H,4-9H2,1-3H3,(H,21,23,26). The number of ether oxygens (including phenoxy) is 1. The van der Waals surface area contributed by atoms with Crippen molar-refractivity contribution >= 4 is 28.2 Å². The van der Waals surface area contributed by atoms with Crippen molar-refractivity contribution in [1.82, 2.24) is 14.9 Å². The Morgan fingerprint density at radius 2 is 2.11 bits per heavy atom. The summed E-state index contributed by atoms with van der Waals surface area (Å²) in [6.45, 7) is 8.50. The molecule has 4 rings (SSSR count). The van der Waals surface area contributed by atoms with E-state index in [0.717, 1.165) is 49.4 Å². The number of Topliss-reactive ketones (excluding diaryl/α,β-unsaturated/α-hetero) is 1. The number of aryl methyl sites for hydroxylation is 1. The molecule has 2 aromatic rings. The molecule has 8 heteroatoms. The highest BCUT2D eigenvalue weighted by molar-refractivity contribution is 7.14. The Kier molecular flexibility index (Phi) is 5.35. The summed E-state index contributed by atoms with van der Waals surface area (Å²) in [5.74, 6) is -0.117. The lowest BCUT2D eigenvalue weighted by Crippen LogP contribution is -2.44. The van der Waals surface area contributed by atoms with Gasteiger partial charge in [0.2, 0.25) is 0 Å². The first kappa shape index (κ1) is 19.3. The first-order valence-electron chi connectivity index (χ1n) is 9.79. The van der Waals surface area contributed by atoms with Gasteiger partial charge in [0.05, 0.1) is 17.9 Å². The van der Waals surface area contributed by atoms with E-state index in [1.54, 1.807) is 0 Å². The van der Waals surface area contributed by atoms with Crippen molar-refractivity contribution in [2.24, 2.45) is 0 Å². The fraction of sp³-hybridized carbons (Fsp3) is 0.550. The normalized spacial score (nSPS) is 22.9. The minimum atomic E-state index is -0.241. The minimum Gasteiger partial charge on any atom is -0.373 e. The van der Waals surface area contributed by atoms with Crippen LogP contribution in [0.25, 0.3) is 0 Å². The number of amides is 1. The molecule has 0 radical (unpaired) electrons. The van der Waals surface area contributed by atoms with E-state index < -0.39 is 0 Å². The number of nitrogens with zero attached hydrogens (tertiary/aromatic N) is 2. The molecule has 0 saturated carbocycles. The minimum absolute atomic E-state index is 0.125. The predicted octanol–water partition coefficient (Wildman–Crippen LogP) is 3.16. The van der Waals surface area contributed by atoms with Crippen LogP contribution in [0.1, 0.15) is 64.5 Å². The van der Waals surface area contributed by atoms with E-state index in [4.69, 9.17) is 4.74 Å². The molecule has 2 aromatic heterocycles. The molecular weight excluding hydrogens is 376 g/mol. The quantitative estimate of drug-likeness (QED) is 0.820. The molecule has 1 amide bonds. The van der Waals surface area contributed by atoms with Gasteiger partial charge in [-0.25, -0.2) is 4.98 Å². The Balaban J connectivity index is 1.43. The number of ketones is 1. The number of morpholine rings is 1. The molecule has 28 heavy (non-hydrogen) atoms. The highest BCUT2D eigenvalue weighted by Crippen LogP contribution is 2.27. The van der Waals surface area contributed by atoms with E-state index in [0.29, 0.717) is 22.8 Å². The Morgan fingerprint density at radius 3 is 2.82 bits per heavy atom. The summed E-state index contributed by atoms with van der Waals surface area (Å²) >= 11 is 1.42. The molecule has 2 unspecified atom stereocenters. The number of H-pyrrole nitrogens is 1. The maximum absolute atomic E-state index is 12.7. The molecule has 2 N–H and O–H groups in total. The van der Waals surface area contributed by atoms with E-state index >= 15 is 0 Å². The molecule has 1 aliphatic heterocycles. The number of carbonyl (C=O) groups is 2. The zero-order valence-electron chi connectivity index (χ0n) is 16.5. The van der Waals surface area contributed by atoms with Gasteiger partial charge in [-0.2, -0.15) is 0 Å². The number of thiazole rings is 1. The number of carbonyl (C=O) groups excluding carboxylic acids is 2. The predicted molar refractivity (Wildman–Crippen MR) is 108 cm³/mol. The highest BCUT2D eigenvalue weighted by atomic mass is 32.1. The van der Waals surface area contributed by atoms with Gasteiger partial charge in [-0.3, -0.25) is 19.8 Å². The van der Waals surface area contributed by atoms with Crippen molar-refractivity contribution in [3.8, 4) is 0 Å². The molecule has 150 valence electrons. The number of fused-ring (bicyclic) bond motifs is 1. The van der Waals surface area contributed by atoms with Crippen LogP contribution in [0.2, 0.25) is 0 Å². The fourth-order valence-corrected chi connectivity index (χ4v) is 4.94. The van der Waals surface area contributed by atoms with Gasteiger partial charge in [0.1, 0.15) is 5.69 Å². The lowest BCUT2D eigenvalue weighted by Gasteiger charge is -2.34. The summed E-state index contributed by atoms with van der Waals surface area (Å²) in [7, 11) is 0. The second-order valence-electron chi connectivity index (χ2n) is 7.80. The third-order valence-electron chi connectivity index (χ3n) is 5.32. The molecule has 0 bridgehead atoms. The Hall–Kier alpha value is -2.03. The molecule has 3 heterocycles. The molecule has 1 aliphatic carbocycles. The summed E-state index contributed by atoms with van der Waals surface area (Å²) in [5.41, 5.74) is 3.73. The van der Waals surface area contributed by atoms with Crippen molar-refractivity contribution < 1.29 is 14.3 Å². The zero-order valence-corrected chi connectivity index (χ0v) is 17.3. The lowest BCUT2D eigenvalue weighted by atomic mass is 9.94. The van der Waals surface area contributed by atoms with Gasteiger partial charge in [-0.1, -0.05) is 0 Å². The molecule has 7 nitrogen and oxygen atoms in total. The number of aromatic amines is 1. The Morgan fingerprint density at radius 1 is 1.36 bits per heavy atom. The second kappa shape index (κ2) is 7.77. The van der Waals surface area contributed by atoms with Gasteiger partial charge in [0, 0.05) is 42.7 Å². The summed E-state index contributed by atoms with van der Waals surface area (Å²) in [6, 6.07) is 0. The smallest absolute Gasteiger partial charge is 0.274 e. The molecule has 0 spiro atoms. The van der Waals surface area contributed by atoms with Gasteiger partial charge >= 0.3 is 0 Å². The van der Waals surface area contributed by atoms with E-state index in [-0.39, 0.29) is 23.9 Å². The van der Waals surface area contributed by atoms with Crippen LogP contribution < -0.4 is 5.32 Å². The number of nitrogens with one attached hydrogen (secondary N) is 2. The van der Waals surface area contributed by atoms with E-state index in [9.17, 15) is 9.59 Å². The molecule has 2 atom stereocenters. The van der Waals surface area contributed by atoms with Crippen LogP contribution in [-0.2, 0) is 17.7 Å². The summed E-state index contributed by atoms with van der Waals surface area (Å²) in [6.07, 6.45) is 2.63. The van der Waals surface area contributed by atoms with Crippen molar-refractivity contribution in [3.63, 3.8) is 0 Å². The number of hydrogen-bond donors (Lipinski definition) is 2. The Bertz CT molecular complexity index is 893. The maximum atomic E-state index is 12.7. The molecular formula is C20H26N4O3S. The van der Waals surface area contributed by atoms with Crippen molar-refractivity contribution in [2.75, 3.05) is 18.4 Å². The molecule has 1 saturated heterocycles. The number of aromatic nitrogens is 2. The maximum Gasteiger partial charge on any atom is 0.274 e. The Labute approximate surface area is 168 Å². The van der Waals surface area contributed by atoms with Gasteiger partial charge in [0.25, 0.3) is 5.91 Å². The summed E-state index contributed by atoms with van der Waals surface area (Å²) in [4.78, 5) is 34.9. The zero-order chi connectivity index (χ0) is 19.8. The molecule has 0 aromatic carbocycles. The van der Waals surface area contributed by atoms with E-state index in [2.05, 4.69) is 34.0 Å². The van der Waals surface area contributed by atoms with Crippen LogP contribution in [-0.4, -0.2) is 51.9 Å². The van der Waals surface area contributed by atoms with E-state index in [1.165, 1.54) is 11.3 Å². The number of hydrogen-bond acceptors (Lipinski definition) is 6. The average Bonchev–Trinajstić information content (AvgIpc) is 3.19. The van der Waals surface area contributed by atoms with Gasteiger partial charge < -0.3 is 9.72 Å². The third-order valence-corrected chi connectivity index (χ3v) is 6.12.